The van der Waals surface area contributed by atoms with Gasteiger partial charge in [0.1, 0.15) is 34.7 Å². The summed E-state index contributed by atoms with van der Waals surface area (Å²) in [6.07, 6.45) is 0. The summed E-state index contributed by atoms with van der Waals surface area (Å²) in [4.78, 5) is 38.7. The minimum Gasteiger partial charge on any atom is -0.490 e. The van der Waals surface area contributed by atoms with Crippen molar-refractivity contribution in [2.45, 2.75) is 0 Å². The third-order valence-electron chi connectivity index (χ3n) is 6.98. The Kier molecular flexibility index (Phi) is 9.23. The van der Waals surface area contributed by atoms with E-state index in [1.807, 2.05) is 96.8 Å². The maximum Gasteiger partial charge on any atom is 0.312 e. The van der Waals surface area contributed by atoms with Crippen molar-refractivity contribution >= 4 is 46.4 Å². The number of carbonyl (C=O) groups excluding carboxylic acids is 2. The average Bonchev–Trinajstić information content (AvgIpc) is 3.08. The van der Waals surface area contributed by atoms with Gasteiger partial charge in [0.05, 0.1) is 12.0 Å². The summed E-state index contributed by atoms with van der Waals surface area (Å²) < 4.78 is 5.11. The van der Waals surface area contributed by atoms with Crippen molar-refractivity contribution in [3.05, 3.63) is 167 Å². The molecule has 8 nitrogen and oxygen atoms in total. The van der Waals surface area contributed by atoms with E-state index in [-0.39, 0.29) is 22.8 Å². The number of nitro groups is 1. The molecule has 0 spiro atoms. The third-order valence-corrected chi connectivity index (χ3v) is 11.0. The van der Waals surface area contributed by atoms with E-state index < -0.39 is 24.0 Å². The maximum atomic E-state index is 14.1. The van der Waals surface area contributed by atoms with E-state index >= 15 is 0 Å². The molecule has 0 radical (unpaired) electrons. The Labute approximate surface area is 255 Å². The van der Waals surface area contributed by atoms with Crippen LogP contribution in [0.2, 0.25) is 0 Å². The molecule has 5 rings (SSSR count). The van der Waals surface area contributed by atoms with Gasteiger partial charge in [-0.25, -0.2) is 0 Å². The topological polar surface area (TPSA) is 111 Å². The standard InChI is InChI=1S/C35H28N3O5P/c1-43-33-23-22-27(24-32(33)38(41)42)36-35(40)31(37-34(39)26-14-6-2-7-15-26)25-44(28-16-8-3-9-17-28,29-18-10-4-11-19-29)30-20-12-5-13-21-30/h2-25H,1H3,(H-,36,37,39,40)/p+1/b31-25+. The second-order valence-electron chi connectivity index (χ2n) is 9.69. The van der Waals surface area contributed by atoms with Gasteiger partial charge in [0.2, 0.25) is 0 Å². The van der Waals surface area contributed by atoms with Crippen LogP contribution in [0.25, 0.3) is 0 Å². The summed E-state index contributed by atoms with van der Waals surface area (Å²) in [7, 11) is -1.39. The van der Waals surface area contributed by atoms with Gasteiger partial charge in [-0.2, -0.15) is 0 Å². The monoisotopic (exact) mass is 602 g/mol. The first-order chi connectivity index (χ1) is 21.4. The second kappa shape index (κ2) is 13.6. The quantitative estimate of drug-likeness (QED) is 0.0908. The Bertz CT molecular complexity index is 1700. The molecule has 0 aromatic heterocycles. The van der Waals surface area contributed by atoms with Crippen molar-refractivity contribution in [1.29, 1.82) is 0 Å². The number of amides is 2. The van der Waals surface area contributed by atoms with E-state index in [2.05, 4.69) is 10.6 Å². The zero-order valence-corrected chi connectivity index (χ0v) is 24.7. The largest absolute Gasteiger partial charge is 0.490 e. The summed E-state index contributed by atoms with van der Waals surface area (Å²) in [5.74, 6) is 0.797. The van der Waals surface area contributed by atoms with Crippen LogP contribution < -0.4 is 31.3 Å². The molecule has 5 aromatic rings. The molecule has 44 heavy (non-hydrogen) atoms. The number of hydrogen-bond donors (Lipinski definition) is 2. The Morgan fingerprint density at radius 1 is 0.727 bits per heavy atom. The number of benzene rings is 5. The molecular weight excluding hydrogens is 573 g/mol. The van der Waals surface area contributed by atoms with Crippen LogP contribution in [0.1, 0.15) is 10.4 Å². The molecular formula is C35H29N3O5P+. The van der Waals surface area contributed by atoms with Gasteiger partial charge < -0.3 is 15.4 Å². The Morgan fingerprint density at radius 3 is 1.66 bits per heavy atom. The van der Waals surface area contributed by atoms with Crippen LogP contribution in [0.4, 0.5) is 11.4 Å². The zero-order chi connectivity index (χ0) is 30.9. The lowest BCUT2D eigenvalue weighted by Gasteiger charge is -2.25. The first kappa shape index (κ1) is 29.9. The van der Waals surface area contributed by atoms with Crippen LogP contribution in [0.3, 0.4) is 0 Å². The summed E-state index contributed by atoms with van der Waals surface area (Å²) in [6, 6.07) is 42.3. The SMILES string of the molecule is COc1ccc(NC(=O)/C(=C\[P+](c2ccccc2)(c2ccccc2)c2ccccc2)NC(=O)c2ccccc2)cc1[N+](=O)[O-]. The van der Waals surface area contributed by atoms with Gasteiger partial charge in [0.25, 0.3) is 11.8 Å². The van der Waals surface area contributed by atoms with Crippen LogP contribution in [0.5, 0.6) is 5.75 Å². The molecule has 0 aliphatic rings. The minimum absolute atomic E-state index is 0.00205. The number of nitro benzene ring substituents is 1. The summed E-state index contributed by atoms with van der Waals surface area (Å²) in [5, 5.41) is 20.2. The lowest BCUT2D eigenvalue weighted by atomic mass is 10.2. The van der Waals surface area contributed by atoms with Crippen molar-refractivity contribution in [2.24, 2.45) is 0 Å². The predicted molar refractivity (Wildman–Crippen MR) is 175 cm³/mol. The molecule has 0 unspecified atom stereocenters. The Balaban J connectivity index is 1.72. The van der Waals surface area contributed by atoms with Crippen LogP contribution in [0.15, 0.2) is 151 Å². The van der Waals surface area contributed by atoms with Gasteiger partial charge in [-0.1, -0.05) is 72.8 Å². The smallest absolute Gasteiger partial charge is 0.312 e. The number of nitrogens with one attached hydrogen (secondary N) is 2. The molecule has 0 fully saturated rings. The van der Waals surface area contributed by atoms with Gasteiger partial charge in [0, 0.05) is 17.3 Å². The van der Waals surface area contributed by atoms with Crippen LogP contribution in [0, 0.1) is 10.1 Å². The first-order valence-electron chi connectivity index (χ1n) is 13.7. The van der Waals surface area contributed by atoms with Crippen molar-refractivity contribution < 1.29 is 19.2 Å². The Morgan fingerprint density at radius 2 is 1.20 bits per heavy atom. The van der Waals surface area contributed by atoms with Crippen LogP contribution in [-0.4, -0.2) is 23.8 Å². The molecule has 9 heteroatoms. The summed E-state index contributed by atoms with van der Waals surface area (Å²) in [5.41, 5.74) is 0.242. The molecule has 0 aliphatic carbocycles. The van der Waals surface area contributed by atoms with E-state index in [0.717, 1.165) is 15.9 Å². The number of hydrogen-bond acceptors (Lipinski definition) is 5. The highest BCUT2D eigenvalue weighted by atomic mass is 31.2. The molecule has 2 amide bonds. The fraction of sp³-hybridized carbons (Fsp3) is 0.0286. The molecule has 0 heterocycles. The van der Waals surface area contributed by atoms with Gasteiger partial charge in [-0.05, 0) is 60.7 Å². The van der Waals surface area contributed by atoms with Crippen LogP contribution >= 0.6 is 7.26 Å². The maximum absolute atomic E-state index is 14.1. The summed E-state index contributed by atoms with van der Waals surface area (Å²) >= 11 is 0. The molecule has 0 atom stereocenters. The number of methoxy groups -OCH3 is 1. The molecule has 5 aromatic carbocycles. The number of rotatable bonds is 10. The lowest BCUT2D eigenvalue weighted by Crippen LogP contribution is -2.35. The number of carbonyl (C=O) groups is 2. The molecule has 0 saturated carbocycles. The highest BCUT2D eigenvalue weighted by Crippen LogP contribution is 2.57. The molecule has 0 saturated heterocycles. The fourth-order valence-electron chi connectivity index (χ4n) is 4.89. The number of nitrogens with zero attached hydrogens (tertiary/aromatic N) is 1. The van der Waals surface area contributed by atoms with E-state index in [4.69, 9.17) is 4.74 Å². The second-order valence-corrected chi connectivity index (χ2v) is 12.9. The van der Waals surface area contributed by atoms with Crippen molar-refractivity contribution in [3.8, 4) is 5.75 Å². The van der Waals surface area contributed by atoms with Crippen molar-refractivity contribution in [1.82, 2.24) is 5.32 Å². The van der Waals surface area contributed by atoms with Crippen molar-refractivity contribution in [3.63, 3.8) is 0 Å². The highest BCUT2D eigenvalue weighted by molar-refractivity contribution is 7.98. The lowest BCUT2D eigenvalue weighted by molar-refractivity contribution is -0.385. The zero-order valence-electron chi connectivity index (χ0n) is 23.8. The Hall–Kier alpha value is -5.59. The third kappa shape index (κ3) is 6.41. The number of ether oxygens (including phenoxy) is 1. The van der Waals surface area contributed by atoms with Crippen LogP contribution in [-0.2, 0) is 4.79 Å². The van der Waals surface area contributed by atoms with Gasteiger partial charge >= 0.3 is 5.69 Å². The van der Waals surface area contributed by atoms with E-state index in [9.17, 15) is 19.7 Å². The fourth-order valence-corrected chi connectivity index (χ4v) is 8.73. The van der Waals surface area contributed by atoms with Gasteiger partial charge in [0.15, 0.2) is 5.75 Å². The first-order valence-corrected chi connectivity index (χ1v) is 15.6. The molecule has 2 N–H and O–H groups in total. The van der Waals surface area contributed by atoms with E-state index in [0.29, 0.717) is 5.56 Å². The van der Waals surface area contributed by atoms with E-state index in [1.165, 1.54) is 25.3 Å². The van der Waals surface area contributed by atoms with Gasteiger partial charge in [-0.3, -0.25) is 19.7 Å². The molecule has 218 valence electrons. The normalized spacial score (nSPS) is 11.3. The molecule has 0 bridgehead atoms. The number of anilines is 1. The molecule has 0 aliphatic heterocycles. The van der Waals surface area contributed by atoms with Crippen molar-refractivity contribution in [2.75, 3.05) is 12.4 Å². The predicted octanol–water partition coefficient (Wildman–Crippen LogP) is 5.81. The summed E-state index contributed by atoms with van der Waals surface area (Å²) in [6.45, 7) is 0. The average molecular weight is 603 g/mol. The van der Waals surface area contributed by atoms with Gasteiger partial charge in [-0.15, -0.1) is 0 Å². The minimum atomic E-state index is -2.72. The highest BCUT2D eigenvalue weighted by Gasteiger charge is 2.45. The van der Waals surface area contributed by atoms with E-state index in [1.54, 1.807) is 30.3 Å².